The summed E-state index contributed by atoms with van der Waals surface area (Å²) in [5.74, 6) is 0. The van der Waals surface area contributed by atoms with Crippen LogP contribution in [0.2, 0.25) is 0 Å². The van der Waals surface area contributed by atoms with Crippen LogP contribution in [0.3, 0.4) is 0 Å². The highest BCUT2D eigenvalue weighted by atomic mass is 15.0. The van der Waals surface area contributed by atoms with Crippen LogP contribution in [0, 0.1) is 0 Å². The molecule has 0 radical (unpaired) electrons. The molecule has 0 aliphatic carbocycles. The Bertz CT molecular complexity index is 644. The van der Waals surface area contributed by atoms with Gasteiger partial charge in [0.2, 0.25) is 0 Å². The summed E-state index contributed by atoms with van der Waals surface area (Å²) in [5.41, 5.74) is 3.45. The summed E-state index contributed by atoms with van der Waals surface area (Å²) in [6, 6.07) is 20.8. The summed E-state index contributed by atoms with van der Waals surface area (Å²) in [6.07, 6.45) is 5.49. The molecule has 2 atom stereocenters. The highest BCUT2D eigenvalue weighted by Crippen LogP contribution is 2.24. The maximum atomic E-state index is 4.53. The summed E-state index contributed by atoms with van der Waals surface area (Å²) in [5, 5.41) is 3.68. The van der Waals surface area contributed by atoms with Crippen LogP contribution in [0.15, 0.2) is 79.3 Å². The molecule has 0 amide bonds. The van der Waals surface area contributed by atoms with E-state index in [1.54, 1.807) is 0 Å². The van der Waals surface area contributed by atoms with Crippen LogP contribution in [0.25, 0.3) is 0 Å². The van der Waals surface area contributed by atoms with E-state index in [2.05, 4.69) is 52.5 Å². The Morgan fingerprint density at radius 3 is 2.18 bits per heavy atom. The van der Waals surface area contributed by atoms with Gasteiger partial charge in [0, 0.05) is 24.6 Å². The molecule has 0 aliphatic rings. The van der Waals surface area contributed by atoms with Gasteiger partial charge in [0.15, 0.2) is 0 Å². The molecule has 0 unspecified atom stereocenters. The lowest BCUT2D eigenvalue weighted by molar-refractivity contribution is 0.508. The lowest BCUT2D eigenvalue weighted by Crippen LogP contribution is -2.26. The van der Waals surface area contributed by atoms with Gasteiger partial charge in [0.25, 0.3) is 0 Å². The van der Waals surface area contributed by atoms with Crippen molar-refractivity contribution in [3.05, 3.63) is 96.1 Å². The number of hydrogen-bond donors (Lipinski definition) is 1. The lowest BCUT2D eigenvalue weighted by Gasteiger charge is -2.23. The molecule has 22 heavy (non-hydrogen) atoms. The monoisotopic (exact) mass is 289 g/mol. The van der Waals surface area contributed by atoms with E-state index in [-0.39, 0.29) is 12.1 Å². The molecule has 3 aromatic rings. The first kappa shape index (κ1) is 14.4. The molecular formula is C19H19N3. The second-order valence-corrected chi connectivity index (χ2v) is 5.27. The normalized spacial score (nSPS) is 13.5. The van der Waals surface area contributed by atoms with E-state index in [1.165, 1.54) is 11.1 Å². The molecule has 0 bridgehead atoms. The third kappa shape index (κ3) is 3.38. The van der Waals surface area contributed by atoms with E-state index in [0.717, 1.165) is 5.69 Å². The van der Waals surface area contributed by atoms with E-state index in [9.17, 15) is 0 Å². The van der Waals surface area contributed by atoms with E-state index in [0.29, 0.717) is 0 Å². The highest BCUT2D eigenvalue weighted by Gasteiger charge is 2.18. The molecule has 3 nitrogen and oxygen atoms in total. The van der Waals surface area contributed by atoms with Gasteiger partial charge >= 0.3 is 0 Å². The summed E-state index contributed by atoms with van der Waals surface area (Å²) in [7, 11) is 0. The molecule has 1 N–H and O–H groups in total. The molecule has 1 aromatic carbocycles. The fraction of sp³-hybridized carbons (Fsp3) is 0.158. The van der Waals surface area contributed by atoms with Crippen molar-refractivity contribution in [3.8, 4) is 0 Å². The number of rotatable bonds is 5. The van der Waals surface area contributed by atoms with Crippen LogP contribution >= 0.6 is 0 Å². The highest BCUT2D eigenvalue weighted by molar-refractivity contribution is 5.28. The van der Waals surface area contributed by atoms with Gasteiger partial charge in [-0.15, -0.1) is 0 Å². The average molecular weight is 289 g/mol. The molecule has 0 fully saturated rings. The molecule has 2 aromatic heterocycles. The Morgan fingerprint density at radius 2 is 1.50 bits per heavy atom. The zero-order valence-electron chi connectivity index (χ0n) is 12.6. The van der Waals surface area contributed by atoms with Crippen LogP contribution in [-0.2, 0) is 0 Å². The van der Waals surface area contributed by atoms with Crippen LogP contribution in [0.5, 0.6) is 0 Å². The zero-order chi connectivity index (χ0) is 15.2. The van der Waals surface area contributed by atoms with Crippen LogP contribution in [0.4, 0.5) is 0 Å². The number of hydrogen-bond acceptors (Lipinski definition) is 3. The van der Waals surface area contributed by atoms with Gasteiger partial charge in [-0.25, -0.2) is 0 Å². The molecule has 3 rings (SSSR count). The van der Waals surface area contributed by atoms with Crippen molar-refractivity contribution in [2.24, 2.45) is 0 Å². The lowest BCUT2D eigenvalue weighted by atomic mass is 10.0. The van der Waals surface area contributed by atoms with Gasteiger partial charge in [0.05, 0.1) is 11.7 Å². The van der Waals surface area contributed by atoms with Crippen LogP contribution in [0.1, 0.15) is 35.8 Å². The Kier molecular flexibility index (Phi) is 4.56. The smallest absolute Gasteiger partial charge is 0.0756 e. The number of nitrogens with one attached hydrogen (secondary N) is 1. The maximum absolute atomic E-state index is 4.53. The molecule has 110 valence electrons. The Balaban J connectivity index is 1.90. The van der Waals surface area contributed by atoms with Gasteiger partial charge in [-0.2, -0.15) is 0 Å². The molecule has 2 heterocycles. The van der Waals surface area contributed by atoms with Gasteiger partial charge in [-0.1, -0.05) is 36.4 Å². The van der Waals surface area contributed by atoms with Crippen molar-refractivity contribution in [3.63, 3.8) is 0 Å². The second kappa shape index (κ2) is 6.96. The van der Waals surface area contributed by atoms with E-state index in [4.69, 9.17) is 0 Å². The van der Waals surface area contributed by atoms with Crippen LogP contribution < -0.4 is 5.32 Å². The molecule has 0 saturated heterocycles. The largest absolute Gasteiger partial charge is 0.298 e. The minimum atomic E-state index is 0.0607. The predicted molar refractivity (Wildman–Crippen MR) is 88.3 cm³/mol. The van der Waals surface area contributed by atoms with Crippen LogP contribution in [-0.4, -0.2) is 9.97 Å². The third-order valence-electron chi connectivity index (χ3n) is 3.74. The Hall–Kier alpha value is -2.52. The minimum absolute atomic E-state index is 0.0607. The first-order valence-electron chi connectivity index (χ1n) is 7.46. The zero-order valence-corrected chi connectivity index (χ0v) is 12.6. The van der Waals surface area contributed by atoms with Crippen molar-refractivity contribution < 1.29 is 0 Å². The van der Waals surface area contributed by atoms with Crippen molar-refractivity contribution in [1.29, 1.82) is 0 Å². The van der Waals surface area contributed by atoms with E-state index < -0.39 is 0 Å². The van der Waals surface area contributed by atoms with Crippen molar-refractivity contribution >= 4 is 0 Å². The second-order valence-electron chi connectivity index (χ2n) is 5.27. The third-order valence-corrected chi connectivity index (χ3v) is 3.74. The summed E-state index contributed by atoms with van der Waals surface area (Å²) in [4.78, 5) is 8.61. The van der Waals surface area contributed by atoms with Gasteiger partial charge < -0.3 is 0 Å². The van der Waals surface area contributed by atoms with Gasteiger partial charge in [-0.3, -0.25) is 15.3 Å². The van der Waals surface area contributed by atoms with Crippen molar-refractivity contribution in [1.82, 2.24) is 15.3 Å². The molecule has 0 saturated carbocycles. The quantitative estimate of drug-likeness (QED) is 0.773. The fourth-order valence-corrected chi connectivity index (χ4v) is 2.54. The van der Waals surface area contributed by atoms with E-state index >= 15 is 0 Å². The first-order chi connectivity index (χ1) is 10.8. The van der Waals surface area contributed by atoms with Crippen molar-refractivity contribution in [2.75, 3.05) is 0 Å². The van der Waals surface area contributed by atoms with E-state index in [1.807, 2.05) is 48.9 Å². The first-order valence-corrected chi connectivity index (χ1v) is 7.46. The molecule has 0 spiro atoms. The minimum Gasteiger partial charge on any atom is -0.298 e. The topological polar surface area (TPSA) is 37.8 Å². The Labute approximate surface area is 131 Å². The standard InChI is InChI=1S/C19H19N3/c1-15(16-10-13-20-14-11-16)22-19(17-7-3-2-4-8-17)18-9-5-6-12-21-18/h2-15,19,22H,1H3/t15-,19+/m1/s1. The number of nitrogens with zero attached hydrogens (tertiary/aromatic N) is 2. The SMILES string of the molecule is C[C@@H](N[C@@H](c1ccccc1)c1ccccn1)c1ccncc1. The molecule has 3 heteroatoms. The molecular weight excluding hydrogens is 270 g/mol. The summed E-state index contributed by atoms with van der Waals surface area (Å²) in [6.45, 7) is 2.16. The number of aromatic nitrogens is 2. The fourth-order valence-electron chi connectivity index (χ4n) is 2.54. The predicted octanol–water partition coefficient (Wildman–Crippen LogP) is 3.92. The summed E-state index contributed by atoms with van der Waals surface area (Å²) >= 11 is 0. The Morgan fingerprint density at radius 1 is 0.773 bits per heavy atom. The van der Waals surface area contributed by atoms with Gasteiger partial charge in [-0.05, 0) is 42.3 Å². The van der Waals surface area contributed by atoms with Crippen molar-refractivity contribution in [2.45, 2.75) is 19.0 Å². The van der Waals surface area contributed by atoms with Gasteiger partial charge in [0.1, 0.15) is 0 Å². The number of benzene rings is 1. The summed E-state index contributed by atoms with van der Waals surface area (Å²) < 4.78 is 0. The average Bonchev–Trinajstić information content (AvgIpc) is 2.62. The molecule has 0 aliphatic heterocycles. The number of pyridine rings is 2. The maximum Gasteiger partial charge on any atom is 0.0756 e.